The third-order valence-electron chi connectivity index (χ3n) is 2.39. The Labute approximate surface area is 85.5 Å². The summed E-state index contributed by atoms with van der Waals surface area (Å²) >= 11 is 0. The average Bonchev–Trinajstić information content (AvgIpc) is 2.16. The summed E-state index contributed by atoms with van der Waals surface area (Å²) in [5.74, 6) is -3.15. The monoisotopic (exact) mass is 215 g/mol. The van der Waals surface area contributed by atoms with Gasteiger partial charge in [-0.15, -0.1) is 0 Å². The summed E-state index contributed by atoms with van der Waals surface area (Å²) in [4.78, 5) is 10.9. The zero-order valence-corrected chi connectivity index (χ0v) is 8.13. The summed E-state index contributed by atoms with van der Waals surface area (Å²) in [7, 11) is 0. The fourth-order valence-electron chi connectivity index (χ4n) is 1.32. The first kappa shape index (κ1) is 11.6. The van der Waals surface area contributed by atoms with Gasteiger partial charge < -0.3 is 10.8 Å². The fourth-order valence-corrected chi connectivity index (χ4v) is 1.32. The van der Waals surface area contributed by atoms with Crippen LogP contribution in [0.2, 0.25) is 0 Å². The molecule has 0 aromatic heterocycles. The van der Waals surface area contributed by atoms with Crippen molar-refractivity contribution >= 4 is 5.97 Å². The highest BCUT2D eigenvalue weighted by Crippen LogP contribution is 2.28. The Kier molecular flexibility index (Phi) is 3.04. The number of carboxylic acid groups (broad SMARTS) is 1. The van der Waals surface area contributed by atoms with E-state index >= 15 is 0 Å². The molecule has 3 nitrogen and oxygen atoms in total. The topological polar surface area (TPSA) is 63.3 Å². The standard InChI is InChI=1S/C10H11F2NO2/c1-10(5-13,9(14)15)8-6(11)3-2-4-7(8)12/h2-4H,5,13H2,1H3,(H,14,15). The lowest BCUT2D eigenvalue weighted by atomic mass is 9.82. The molecular weight excluding hydrogens is 204 g/mol. The van der Waals surface area contributed by atoms with Crippen LogP contribution in [0, 0.1) is 11.6 Å². The highest BCUT2D eigenvalue weighted by molar-refractivity contribution is 5.81. The SMILES string of the molecule is CC(CN)(C(=O)O)c1c(F)cccc1F. The van der Waals surface area contributed by atoms with Gasteiger partial charge in [0.1, 0.15) is 17.0 Å². The molecule has 0 radical (unpaired) electrons. The molecule has 0 spiro atoms. The molecule has 1 rings (SSSR count). The predicted molar refractivity (Wildman–Crippen MR) is 50.4 cm³/mol. The van der Waals surface area contributed by atoms with E-state index in [2.05, 4.69) is 0 Å². The van der Waals surface area contributed by atoms with E-state index in [0.717, 1.165) is 12.1 Å². The van der Waals surface area contributed by atoms with Crippen molar-refractivity contribution in [3.63, 3.8) is 0 Å². The molecule has 1 aromatic rings. The molecular formula is C10H11F2NO2. The Morgan fingerprint density at radius 3 is 2.27 bits per heavy atom. The van der Waals surface area contributed by atoms with Crippen molar-refractivity contribution in [1.82, 2.24) is 0 Å². The minimum absolute atomic E-state index is 0.375. The van der Waals surface area contributed by atoms with Crippen molar-refractivity contribution in [2.75, 3.05) is 6.54 Å². The summed E-state index contributed by atoms with van der Waals surface area (Å²) in [6.07, 6.45) is 0. The Morgan fingerprint density at radius 2 is 1.93 bits per heavy atom. The van der Waals surface area contributed by atoms with Gasteiger partial charge in [-0.1, -0.05) is 6.07 Å². The highest BCUT2D eigenvalue weighted by Gasteiger charge is 2.38. The molecule has 0 aliphatic rings. The maximum atomic E-state index is 13.3. The van der Waals surface area contributed by atoms with E-state index in [1.165, 1.54) is 13.0 Å². The Morgan fingerprint density at radius 1 is 1.47 bits per heavy atom. The first-order valence-corrected chi connectivity index (χ1v) is 4.31. The number of hydrogen-bond acceptors (Lipinski definition) is 2. The van der Waals surface area contributed by atoms with Crippen LogP contribution in [0.15, 0.2) is 18.2 Å². The van der Waals surface area contributed by atoms with E-state index in [1.54, 1.807) is 0 Å². The summed E-state index contributed by atoms with van der Waals surface area (Å²) < 4.78 is 26.7. The summed E-state index contributed by atoms with van der Waals surface area (Å²) in [5, 5.41) is 8.92. The molecule has 0 heterocycles. The third-order valence-corrected chi connectivity index (χ3v) is 2.39. The van der Waals surface area contributed by atoms with E-state index in [9.17, 15) is 13.6 Å². The molecule has 5 heteroatoms. The summed E-state index contributed by atoms with van der Waals surface area (Å²) in [5.41, 5.74) is 3.02. The van der Waals surface area contributed by atoms with Crippen LogP contribution in [0.4, 0.5) is 8.78 Å². The van der Waals surface area contributed by atoms with Gasteiger partial charge >= 0.3 is 5.97 Å². The first-order valence-electron chi connectivity index (χ1n) is 4.31. The van der Waals surface area contributed by atoms with Crippen LogP contribution < -0.4 is 5.73 Å². The van der Waals surface area contributed by atoms with E-state index in [-0.39, 0.29) is 6.54 Å². The molecule has 0 saturated carbocycles. The van der Waals surface area contributed by atoms with E-state index < -0.39 is 28.6 Å². The van der Waals surface area contributed by atoms with Gasteiger partial charge in [0.05, 0.1) is 0 Å². The molecule has 15 heavy (non-hydrogen) atoms. The largest absolute Gasteiger partial charge is 0.481 e. The highest BCUT2D eigenvalue weighted by atomic mass is 19.1. The molecule has 3 N–H and O–H groups in total. The van der Waals surface area contributed by atoms with Gasteiger partial charge in [-0.25, -0.2) is 8.78 Å². The van der Waals surface area contributed by atoms with Crippen molar-refractivity contribution in [2.45, 2.75) is 12.3 Å². The van der Waals surface area contributed by atoms with Crippen molar-refractivity contribution in [3.8, 4) is 0 Å². The van der Waals surface area contributed by atoms with Gasteiger partial charge in [0.15, 0.2) is 0 Å². The maximum Gasteiger partial charge on any atom is 0.315 e. The number of carbonyl (C=O) groups is 1. The third kappa shape index (κ3) is 1.83. The normalized spacial score (nSPS) is 14.7. The predicted octanol–water partition coefficient (Wildman–Crippen LogP) is 1.27. The Balaban J connectivity index is 3.42. The number of halogens is 2. The van der Waals surface area contributed by atoms with Crippen molar-refractivity contribution in [2.24, 2.45) is 5.73 Å². The van der Waals surface area contributed by atoms with Crippen LogP contribution in [-0.4, -0.2) is 17.6 Å². The number of benzene rings is 1. The molecule has 0 aliphatic heterocycles. The average molecular weight is 215 g/mol. The van der Waals surface area contributed by atoms with Gasteiger partial charge in [0, 0.05) is 12.1 Å². The Bertz CT molecular complexity index is 375. The second-order valence-corrected chi connectivity index (χ2v) is 3.44. The zero-order valence-electron chi connectivity index (χ0n) is 8.13. The minimum Gasteiger partial charge on any atom is -0.481 e. The van der Waals surface area contributed by atoms with Crippen LogP contribution in [-0.2, 0) is 10.2 Å². The van der Waals surface area contributed by atoms with Gasteiger partial charge in [-0.2, -0.15) is 0 Å². The lowest BCUT2D eigenvalue weighted by Gasteiger charge is -2.24. The van der Waals surface area contributed by atoms with E-state index in [0.29, 0.717) is 0 Å². The zero-order chi connectivity index (χ0) is 11.6. The van der Waals surface area contributed by atoms with Crippen LogP contribution >= 0.6 is 0 Å². The summed E-state index contributed by atoms with van der Waals surface area (Å²) in [6.45, 7) is 0.816. The molecule has 0 saturated heterocycles. The maximum absolute atomic E-state index is 13.3. The molecule has 0 bridgehead atoms. The van der Waals surface area contributed by atoms with Gasteiger partial charge in [-0.3, -0.25) is 4.79 Å². The van der Waals surface area contributed by atoms with E-state index in [1.807, 2.05) is 0 Å². The number of hydrogen-bond donors (Lipinski definition) is 2. The first-order chi connectivity index (χ1) is 6.93. The summed E-state index contributed by atoms with van der Waals surface area (Å²) in [6, 6.07) is 3.19. The van der Waals surface area contributed by atoms with Crippen molar-refractivity contribution < 1.29 is 18.7 Å². The molecule has 1 atom stereocenters. The molecule has 82 valence electrons. The number of carboxylic acids is 1. The van der Waals surface area contributed by atoms with Crippen LogP contribution in [0.25, 0.3) is 0 Å². The minimum atomic E-state index is -1.74. The van der Waals surface area contributed by atoms with Gasteiger partial charge in [-0.05, 0) is 19.1 Å². The molecule has 0 fully saturated rings. The molecule has 0 amide bonds. The molecule has 1 aromatic carbocycles. The molecule has 1 unspecified atom stereocenters. The number of aliphatic carboxylic acids is 1. The van der Waals surface area contributed by atoms with Crippen molar-refractivity contribution in [1.29, 1.82) is 0 Å². The van der Waals surface area contributed by atoms with Crippen molar-refractivity contribution in [3.05, 3.63) is 35.4 Å². The number of nitrogens with two attached hydrogens (primary N) is 1. The lowest BCUT2D eigenvalue weighted by Crippen LogP contribution is -2.41. The van der Waals surface area contributed by atoms with Gasteiger partial charge in [0.2, 0.25) is 0 Å². The Hall–Kier alpha value is -1.49. The van der Waals surface area contributed by atoms with Crippen LogP contribution in [0.5, 0.6) is 0 Å². The fraction of sp³-hybridized carbons (Fsp3) is 0.300. The number of rotatable bonds is 3. The van der Waals surface area contributed by atoms with Gasteiger partial charge in [0.25, 0.3) is 0 Å². The van der Waals surface area contributed by atoms with E-state index in [4.69, 9.17) is 10.8 Å². The second-order valence-electron chi connectivity index (χ2n) is 3.44. The molecule has 0 aliphatic carbocycles. The lowest BCUT2D eigenvalue weighted by molar-refractivity contribution is -0.143. The quantitative estimate of drug-likeness (QED) is 0.798. The second kappa shape index (κ2) is 3.94. The van der Waals surface area contributed by atoms with Crippen LogP contribution in [0.1, 0.15) is 12.5 Å². The van der Waals surface area contributed by atoms with Crippen LogP contribution in [0.3, 0.4) is 0 Å². The smallest absolute Gasteiger partial charge is 0.315 e.